The van der Waals surface area contributed by atoms with E-state index in [-0.39, 0.29) is 23.8 Å². The smallest absolute Gasteiger partial charge is 0.305 e. The summed E-state index contributed by atoms with van der Waals surface area (Å²) in [7, 11) is 1.44. The first-order valence-corrected chi connectivity index (χ1v) is 13.8. The Morgan fingerprint density at radius 3 is 2.03 bits per heavy atom. The highest BCUT2D eigenvalue weighted by molar-refractivity contribution is 5.69. The molecule has 1 aromatic carbocycles. The van der Waals surface area contributed by atoms with Gasteiger partial charge in [0.25, 0.3) is 0 Å². The molecule has 0 bridgehead atoms. The van der Waals surface area contributed by atoms with E-state index in [0.717, 1.165) is 49.8 Å². The fraction of sp³-hybridized carbons (Fsp3) is 0.759. The lowest BCUT2D eigenvalue weighted by atomic mass is 9.70. The molecule has 3 aliphatic rings. The summed E-state index contributed by atoms with van der Waals surface area (Å²) < 4.78 is 33.3. The van der Waals surface area contributed by atoms with Crippen LogP contribution in [0.5, 0.6) is 0 Å². The van der Waals surface area contributed by atoms with Crippen molar-refractivity contribution in [1.82, 2.24) is 4.90 Å². The molecule has 5 heteroatoms. The molecule has 3 nitrogen and oxygen atoms in total. The molecule has 0 N–H and O–H groups in total. The highest BCUT2D eigenvalue weighted by Gasteiger charge is 2.40. The van der Waals surface area contributed by atoms with E-state index in [4.69, 9.17) is 4.74 Å². The number of esters is 1. The van der Waals surface area contributed by atoms with Gasteiger partial charge in [0.15, 0.2) is 11.6 Å². The zero-order valence-electron chi connectivity index (χ0n) is 21.0. The van der Waals surface area contributed by atoms with Gasteiger partial charge in [-0.3, -0.25) is 9.69 Å². The molecule has 0 aromatic heterocycles. The van der Waals surface area contributed by atoms with Crippen LogP contribution in [0.3, 0.4) is 0 Å². The number of hydrogen-bond donors (Lipinski definition) is 0. The van der Waals surface area contributed by atoms with Gasteiger partial charge in [0.05, 0.1) is 7.11 Å². The summed E-state index contributed by atoms with van der Waals surface area (Å²) in [5.41, 5.74) is 0.842. The molecule has 4 rings (SSSR count). The van der Waals surface area contributed by atoms with Gasteiger partial charge in [-0.15, -0.1) is 0 Å². The van der Waals surface area contributed by atoms with Gasteiger partial charge < -0.3 is 4.74 Å². The van der Waals surface area contributed by atoms with Gasteiger partial charge in [-0.1, -0.05) is 51.0 Å². The average Bonchev–Trinajstić information content (AvgIpc) is 2.86. The van der Waals surface area contributed by atoms with Gasteiger partial charge in [0.2, 0.25) is 0 Å². The molecule has 0 amide bonds. The van der Waals surface area contributed by atoms with E-state index in [1.54, 1.807) is 6.07 Å². The van der Waals surface area contributed by atoms with Gasteiger partial charge in [-0.05, 0) is 74.0 Å². The fourth-order valence-electron chi connectivity index (χ4n) is 7.16. The van der Waals surface area contributed by atoms with Crippen molar-refractivity contribution in [2.75, 3.05) is 20.2 Å². The Morgan fingerprint density at radius 1 is 0.853 bits per heavy atom. The largest absolute Gasteiger partial charge is 0.469 e. The van der Waals surface area contributed by atoms with Crippen LogP contribution in [-0.2, 0) is 9.53 Å². The number of nitrogens with zero attached hydrogens (tertiary/aromatic N) is 1. The summed E-state index contributed by atoms with van der Waals surface area (Å²) >= 11 is 0. The van der Waals surface area contributed by atoms with Crippen molar-refractivity contribution < 1.29 is 18.3 Å². The van der Waals surface area contributed by atoms with Gasteiger partial charge in [-0.2, -0.15) is 0 Å². The third kappa shape index (κ3) is 6.59. The Kier molecular flexibility index (Phi) is 9.38. The van der Waals surface area contributed by atoms with Crippen LogP contribution in [0.2, 0.25) is 0 Å². The van der Waals surface area contributed by atoms with E-state index in [1.165, 1.54) is 83.5 Å². The second kappa shape index (κ2) is 12.5. The SMILES string of the molecule is COC(=O)CC1CCCC(N(CC2CCCCC2)CC2CCCCC2)C1c1ccc(F)c(F)c1. The van der Waals surface area contributed by atoms with Crippen molar-refractivity contribution in [3.05, 3.63) is 35.4 Å². The minimum atomic E-state index is -0.804. The minimum Gasteiger partial charge on any atom is -0.469 e. The quantitative estimate of drug-likeness (QED) is 0.371. The first-order chi connectivity index (χ1) is 16.5. The van der Waals surface area contributed by atoms with Crippen LogP contribution in [0.15, 0.2) is 18.2 Å². The average molecular weight is 476 g/mol. The van der Waals surface area contributed by atoms with E-state index < -0.39 is 11.6 Å². The van der Waals surface area contributed by atoms with Crippen molar-refractivity contribution >= 4 is 5.97 Å². The Bertz CT molecular complexity index is 768. The van der Waals surface area contributed by atoms with Crippen LogP contribution in [-0.4, -0.2) is 37.1 Å². The third-order valence-corrected chi connectivity index (χ3v) is 8.89. The maximum Gasteiger partial charge on any atom is 0.305 e. The van der Waals surface area contributed by atoms with Gasteiger partial charge in [0.1, 0.15) is 0 Å². The summed E-state index contributed by atoms with van der Waals surface area (Å²) in [6.45, 7) is 2.21. The van der Waals surface area contributed by atoms with Crippen molar-refractivity contribution in [3.63, 3.8) is 0 Å². The van der Waals surface area contributed by atoms with E-state index in [2.05, 4.69) is 4.90 Å². The van der Waals surface area contributed by atoms with Crippen molar-refractivity contribution in [2.24, 2.45) is 17.8 Å². The summed E-state index contributed by atoms with van der Waals surface area (Å²) in [6, 6.07) is 4.67. The molecule has 0 aliphatic heterocycles. The first kappa shape index (κ1) is 25.6. The second-order valence-electron chi connectivity index (χ2n) is 11.2. The molecule has 3 fully saturated rings. The topological polar surface area (TPSA) is 29.5 Å². The molecule has 0 heterocycles. The van der Waals surface area contributed by atoms with Crippen LogP contribution in [0.25, 0.3) is 0 Å². The number of halogens is 2. The highest BCUT2D eigenvalue weighted by Crippen LogP contribution is 2.44. The van der Waals surface area contributed by atoms with E-state index >= 15 is 0 Å². The predicted molar refractivity (Wildman–Crippen MR) is 132 cm³/mol. The molecule has 1 aromatic rings. The number of ether oxygens (including phenoxy) is 1. The van der Waals surface area contributed by atoms with E-state index in [9.17, 15) is 13.6 Å². The molecular weight excluding hydrogens is 432 g/mol. The number of carbonyl (C=O) groups excluding carboxylic acids is 1. The summed E-state index contributed by atoms with van der Waals surface area (Å²) in [5, 5.41) is 0. The normalized spacial score (nSPS) is 27.1. The zero-order valence-corrected chi connectivity index (χ0v) is 21.0. The standard InChI is InChI=1S/C29H43F2NO2/c1-34-28(33)18-23-13-8-14-27(29(23)24-15-16-25(30)26(31)17-24)32(19-21-9-4-2-5-10-21)20-22-11-6-3-7-12-22/h15-17,21-23,27,29H,2-14,18-20H2,1H3. The molecule has 3 saturated carbocycles. The van der Waals surface area contributed by atoms with Crippen LogP contribution < -0.4 is 0 Å². The zero-order chi connectivity index (χ0) is 23.9. The van der Waals surface area contributed by atoms with Crippen LogP contribution in [0.1, 0.15) is 101 Å². The lowest BCUT2D eigenvalue weighted by Gasteiger charge is -2.47. The van der Waals surface area contributed by atoms with Crippen LogP contribution in [0.4, 0.5) is 8.78 Å². The maximum atomic E-state index is 14.4. The van der Waals surface area contributed by atoms with Crippen LogP contribution in [0, 0.1) is 29.4 Å². The van der Waals surface area contributed by atoms with E-state index in [1.807, 2.05) is 0 Å². The van der Waals surface area contributed by atoms with Crippen molar-refractivity contribution in [1.29, 1.82) is 0 Å². The number of methoxy groups -OCH3 is 1. The van der Waals surface area contributed by atoms with Crippen molar-refractivity contribution in [2.45, 2.75) is 102 Å². The molecule has 34 heavy (non-hydrogen) atoms. The minimum absolute atomic E-state index is 0.0233. The molecule has 0 saturated heterocycles. The molecule has 190 valence electrons. The third-order valence-electron chi connectivity index (χ3n) is 8.89. The number of hydrogen-bond acceptors (Lipinski definition) is 3. The molecule has 3 aliphatic carbocycles. The lowest BCUT2D eigenvalue weighted by molar-refractivity contribution is -0.142. The summed E-state index contributed by atoms with van der Waals surface area (Å²) in [4.78, 5) is 15.1. The van der Waals surface area contributed by atoms with Gasteiger partial charge in [0, 0.05) is 31.5 Å². The molecule has 0 radical (unpaired) electrons. The maximum absolute atomic E-state index is 14.4. The number of benzene rings is 1. The summed E-state index contributed by atoms with van der Waals surface area (Å²) in [5.74, 6) is -0.227. The Balaban J connectivity index is 1.64. The predicted octanol–water partition coefficient (Wildman–Crippen LogP) is 7.24. The number of carbonyl (C=O) groups is 1. The molecule has 3 atom stereocenters. The molecule has 3 unspecified atom stereocenters. The second-order valence-corrected chi connectivity index (χ2v) is 11.2. The molecular formula is C29H43F2NO2. The first-order valence-electron chi connectivity index (χ1n) is 13.8. The van der Waals surface area contributed by atoms with Crippen molar-refractivity contribution in [3.8, 4) is 0 Å². The Morgan fingerprint density at radius 2 is 1.47 bits per heavy atom. The van der Waals surface area contributed by atoms with Crippen LogP contribution >= 0.6 is 0 Å². The molecule has 0 spiro atoms. The van der Waals surface area contributed by atoms with Gasteiger partial charge >= 0.3 is 5.97 Å². The number of rotatable bonds is 8. The van der Waals surface area contributed by atoms with E-state index in [0.29, 0.717) is 6.42 Å². The Labute approximate surface area is 204 Å². The monoisotopic (exact) mass is 475 g/mol. The van der Waals surface area contributed by atoms with Gasteiger partial charge in [-0.25, -0.2) is 8.78 Å². The Hall–Kier alpha value is -1.49. The highest BCUT2D eigenvalue weighted by atomic mass is 19.2. The summed E-state index contributed by atoms with van der Waals surface area (Å²) in [6.07, 6.45) is 16.6. The lowest BCUT2D eigenvalue weighted by Crippen LogP contribution is -2.49. The fourth-order valence-corrected chi connectivity index (χ4v) is 7.16.